The van der Waals surface area contributed by atoms with Crippen molar-refractivity contribution >= 4 is 17.5 Å². The summed E-state index contributed by atoms with van der Waals surface area (Å²) >= 11 is 5.77. The van der Waals surface area contributed by atoms with Gasteiger partial charge in [0.1, 0.15) is 0 Å². The number of amides is 1. The molecule has 0 spiro atoms. The monoisotopic (exact) mass is 260 g/mol. The highest BCUT2D eigenvalue weighted by Gasteiger charge is 2.15. The van der Waals surface area contributed by atoms with Crippen LogP contribution in [0.1, 0.15) is 31.0 Å². The van der Waals surface area contributed by atoms with Crippen LogP contribution in [0.3, 0.4) is 0 Å². The molecule has 17 heavy (non-hydrogen) atoms. The first-order valence-electron chi connectivity index (χ1n) is 5.55. The normalized spacial score (nSPS) is 12.5. The molecule has 0 bridgehead atoms. The van der Waals surface area contributed by atoms with Crippen molar-refractivity contribution < 1.29 is 14.4 Å². The lowest BCUT2D eigenvalue weighted by molar-refractivity contribution is -0.121. The standard InChI is InChI=1S/C11H17ClN2O3/c1-7(4-3-5-15)13-10(16)6-9-8(2)14-17-11(9)12/h7,15H,3-6H2,1-2H3,(H,13,16). The Balaban J connectivity index is 2.44. The number of halogens is 1. The Morgan fingerprint density at radius 1 is 1.65 bits per heavy atom. The first-order valence-corrected chi connectivity index (χ1v) is 5.93. The Bertz CT molecular complexity index is 359. The molecule has 0 radical (unpaired) electrons. The molecule has 1 amide bonds. The molecule has 0 aliphatic heterocycles. The minimum absolute atomic E-state index is 0.0357. The Hall–Kier alpha value is -1.07. The number of aliphatic hydroxyl groups is 1. The largest absolute Gasteiger partial charge is 0.396 e. The smallest absolute Gasteiger partial charge is 0.229 e. The van der Waals surface area contributed by atoms with Gasteiger partial charge in [0.15, 0.2) is 0 Å². The topological polar surface area (TPSA) is 75.4 Å². The summed E-state index contributed by atoms with van der Waals surface area (Å²) < 4.78 is 4.77. The summed E-state index contributed by atoms with van der Waals surface area (Å²) in [4.78, 5) is 11.7. The first kappa shape index (κ1) is 14.0. The second kappa shape index (κ2) is 6.61. The number of carbonyl (C=O) groups is 1. The maximum atomic E-state index is 11.7. The van der Waals surface area contributed by atoms with Crippen molar-refractivity contribution in [2.24, 2.45) is 0 Å². The molecule has 1 unspecified atom stereocenters. The van der Waals surface area contributed by atoms with Gasteiger partial charge in [0.05, 0.1) is 12.1 Å². The molecule has 0 aliphatic rings. The summed E-state index contributed by atoms with van der Waals surface area (Å²) in [5, 5.41) is 15.4. The van der Waals surface area contributed by atoms with E-state index in [9.17, 15) is 4.79 Å². The van der Waals surface area contributed by atoms with Crippen LogP contribution < -0.4 is 5.32 Å². The fourth-order valence-electron chi connectivity index (χ4n) is 1.51. The third kappa shape index (κ3) is 4.36. The van der Waals surface area contributed by atoms with E-state index in [0.717, 1.165) is 6.42 Å². The van der Waals surface area contributed by atoms with Gasteiger partial charge in [-0.05, 0) is 38.3 Å². The molecule has 1 heterocycles. The summed E-state index contributed by atoms with van der Waals surface area (Å²) in [6.45, 7) is 3.78. The zero-order chi connectivity index (χ0) is 12.8. The highest BCUT2D eigenvalue weighted by molar-refractivity contribution is 6.29. The van der Waals surface area contributed by atoms with Crippen LogP contribution in [0.25, 0.3) is 0 Å². The molecule has 1 aromatic heterocycles. The van der Waals surface area contributed by atoms with E-state index in [0.29, 0.717) is 17.7 Å². The van der Waals surface area contributed by atoms with Crippen molar-refractivity contribution in [1.82, 2.24) is 10.5 Å². The van der Waals surface area contributed by atoms with Crippen LogP contribution in [-0.4, -0.2) is 28.8 Å². The van der Waals surface area contributed by atoms with Crippen LogP contribution in [0.15, 0.2) is 4.52 Å². The molecule has 5 nitrogen and oxygen atoms in total. The minimum Gasteiger partial charge on any atom is -0.396 e. The minimum atomic E-state index is -0.122. The quantitative estimate of drug-likeness (QED) is 0.812. The van der Waals surface area contributed by atoms with Crippen molar-refractivity contribution in [2.75, 3.05) is 6.61 Å². The average Bonchev–Trinajstić information content (AvgIpc) is 2.58. The molecule has 1 rings (SSSR count). The van der Waals surface area contributed by atoms with Crippen LogP contribution in [0.5, 0.6) is 0 Å². The number of hydrogen-bond donors (Lipinski definition) is 2. The Morgan fingerprint density at radius 3 is 2.88 bits per heavy atom. The van der Waals surface area contributed by atoms with Crippen LogP contribution in [-0.2, 0) is 11.2 Å². The lowest BCUT2D eigenvalue weighted by atomic mass is 10.1. The summed E-state index contributed by atoms with van der Waals surface area (Å²) in [6, 6.07) is 0.0357. The summed E-state index contributed by atoms with van der Waals surface area (Å²) in [6.07, 6.45) is 1.59. The fraction of sp³-hybridized carbons (Fsp3) is 0.636. The molecule has 2 N–H and O–H groups in total. The van der Waals surface area contributed by atoms with E-state index in [-0.39, 0.29) is 30.2 Å². The Labute approximate surface area is 105 Å². The van der Waals surface area contributed by atoms with E-state index >= 15 is 0 Å². The predicted octanol–water partition coefficient (Wildman–Crippen LogP) is 1.46. The molecule has 1 aromatic rings. The van der Waals surface area contributed by atoms with Crippen LogP contribution >= 0.6 is 11.6 Å². The Morgan fingerprint density at radius 2 is 2.35 bits per heavy atom. The number of rotatable bonds is 6. The third-order valence-corrected chi connectivity index (χ3v) is 2.77. The maximum Gasteiger partial charge on any atom is 0.229 e. The number of hydrogen-bond acceptors (Lipinski definition) is 4. The molecule has 0 saturated heterocycles. The zero-order valence-corrected chi connectivity index (χ0v) is 10.8. The SMILES string of the molecule is Cc1noc(Cl)c1CC(=O)NC(C)CCCO. The zero-order valence-electron chi connectivity index (χ0n) is 9.99. The first-order chi connectivity index (χ1) is 8.04. The molecule has 6 heteroatoms. The van der Waals surface area contributed by atoms with Crippen LogP contribution in [0, 0.1) is 6.92 Å². The van der Waals surface area contributed by atoms with E-state index in [1.807, 2.05) is 6.92 Å². The molecular formula is C11H17ClN2O3. The predicted molar refractivity (Wildman–Crippen MR) is 63.9 cm³/mol. The second-order valence-corrected chi connectivity index (χ2v) is 4.37. The van der Waals surface area contributed by atoms with Crippen molar-refractivity contribution in [3.63, 3.8) is 0 Å². The van der Waals surface area contributed by atoms with Crippen LogP contribution in [0.2, 0.25) is 5.22 Å². The van der Waals surface area contributed by atoms with Crippen molar-refractivity contribution in [2.45, 2.75) is 39.2 Å². The lowest BCUT2D eigenvalue weighted by Gasteiger charge is -2.12. The van der Waals surface area contributed by atoms with E-state index in [1.54, 1.807) is 6.92 Å². The van der Waals surface area contributed by atoms with Gasteiger partial charge in [0, 0.05) is 18.2 Å². The molecule has 0 aromatic carbocycles. The van der Waals surface area contributed by atoms with Gasteiger partial charge >= 0.3 is 0 Å². The maximum absolute atomic E-state index is 11.7. The molecule has 1 atom stereocenters. The summed E-state index contributed by atoms with van der Waals surface area (Å²) in [5.41, 5.74) is 1.26. The molecule has 96 valence electrons. The number of carbonyl (C=O) groups excluding carboxylic acids is 1. The molecular weight excluding hydrogens is 244 g/mol. The van der Waals surface area contributed by atoms with Gasteiger partial charge in [-0.2, -0.15) is 0 Å². The number of nitrogens with zero attached hydrogens (tertiary/aromatic N) is 1. The fourth-order valence-corrected chi connectivity index (χ4v) is 1.75. The van der Waals surface area contributed by atoms with E-state index < -0.39 is 0 Å². The van der Waals surface area contributed by atoms with Gasteiger partial charge < -0.3 is 14.9 Å². The summed E-state index contributed by atoms with van der Waals surface area (Å²) in [5.74, 6) is -0.122. The van der Waals surface area contributed by atoms with Gasteiger partial charge in [-0.3, -0.25) is 4.79 Å². The third-order valence-electron chi connectivity index (χ3n) is 2.48. The van der Waals surface area contributed by atoms with Gasteiger partial charge in [0.25, 0.3) is 0 Å². The summed E-state index contributed by atoms with van der Waals surface area (Å²) in [7, 11) is 0. The van der Waals surface area contributed by atoms with Crippen molar-refractivity contribution in [3.8, 4) is 0 Å². The van der Waals surface area contributed by atoms with Gasteiger partial charge in [-0.25, -0.2) is 0 Å². The highest BCUT2D eigenvalue weighted by atomic mass is 35.5. The number of aliphatic hydroxyl groups excluding tert-OH is 1. The molecule has 0 saturated carbocycles. The highest BCUT2D eigenvalue weighted by Crippen LogP contribution is 2.19. The molecule has 0 fully saturated rings. The van der Waals surface area contributed by atoms with E-state index in [4.69, 9.17) is 21.2 Å². The number of nitrogens with one attached hydrogen (secondary N) is 1. The van der Waals surface area contributed by atoms with E-state index in [2.05, 4.69) is 10.5 Å². The number of aryl methyl sites for hydroxylation is 1. The van der Waals surface area contributed by atoms with E-state index in [1.165, 1.54) is 0 Å². The number of aromatic nitrogens is 1. The van der Waals surface area contributed by atoms with Gasteiger partial charge in [-0.1, -0.05) is 5.16 Å². The van der Waals surface area contributed by atoms with Gasteiger partial charge in [-0.15, -0.1) is 0 Å². The van der Waals surface area contributed by atoms with Crippen LogP contribution in [0.4, 0.5) is 0 Å². The Kier molecular flexibility index (Phi) is 5.44. The van der Waals surface area contributed by atoms with Crippen molar-refractivity contribution in [3.05, 3.63) is 16.5 Å². The average molecular weight is 261 g/mol. The lowest BCUT2D eigenvalue weighted by Crippen LogP contribution is -2.33. The van der Waals surface area contributed by atoms with Gasteiger partial charge in [0.2, 0.25) is 11.1 Å². The molecule has 0 aliphatic carbocycles. The van der Waals surface area contributed by atoms with Crippen molar-refractivity contribution in [1.29, 1.82) is 0 Å². The second-order valence-electron chi connectivity index (χ2n) is 4.03.